The lowest BCUT2D eigenvalue weighted by molar-refractivity contribution is -0.125. The molecule has 0 spiro atoms. The van der Waals surface area contributed by atoms with E-state index >= 15 is 0 Å². The van der Waals surface area contributed by atoms with E-state index in [0.29, 0.717) is 6.61 Å². The van der Waals surface area contributed by atoms with Gasteiger partial charge >= 0.3 is 0 Å². The summed E-state index contributed by atoms with van der Waals surface area (Å²) in [6.07, 6.45) is 1.85. The van der Waals surface area contributed by atoms with Crippen molar-refractivity contribution in [1.82, 2.24) is 15.5 Å². The monoisotopic (exact) mass is 286 g/mol. The van der Waals surface area contributed by atoms with Gasteiger partial charge in [-0.1, -0.05) is 0 Å². The smallest absolute Gasteiger partial charge is 0.234 e. The number of methoxy groups -OCH3 is 1. The molecule has 116 valence electrons. The first-order chi connectivity index (χ1) is 9.52. The molecule has 1 fully saturated rings. The van der Waals surface area contributed by atoms with Crippen molar-refractivity contribution in [2.24, 2.45) is 5.73 Å². The van der Waals surface area contributed by atoms with Crippen LogP contribution in [0.5, 0.6) is 0 Å². The number of rotatable bonds is 8. The van der Waals surface area contributed by atoms with Gasteiger partial charge in [-0.05, 0) is 32.9 Å². The van der Waals surface area contributed by atoms with E-state index in [4.69, 9.17) is 10.5 Å². The van der Waals surface area contributed by atoms with Crippen LogP contribution in [0.4, 0.5) is 0 Å². The van der Waals surface area contributed by atoms with E-state index in [-0.39, 0.29) is 31.1 Å². The van der Waals surface area contributed by atoms with E-state index in [1.165, 1.54) is 0 Å². The normalized spacial score (nSPS) is 17.9. The Morgan fingerprint density at radius 1 is 1.40 bits per heavy atom. The number of hydrogen-bond donors (Lipinski definition) is 3. The first-order valence-electron chi connectivity index (χ1n) is 7.04. The van der Waals surface area contributed by atoms with Crippen LogP contribution in [-0.4, -0.2) is 68.7 Å². The van der Waals surface area contributed by atoms with Gasteiger partial charge in [0.15, 0.2) is 0 Å². The van der Waals surface area contributed by atoms with Gasteiger partial charge in [0.2, 0.25) is 11.8 Å². The second-order valence-electron chi connectivity index (χ2n) is 5.28. The lowest BCUT2D eigenvalue weighted by Gasteiger charge is -2.33. The molecule has 4 N–H and O–H groups in total. The highest BCUT2D eigenvalue weighted by Crippen LogP contribution is 2.11. The lowest BCUT2D eigenvalue weighted by Crippen LogP contribution is -2.51. The van der Waals surface area contributed by atoms with Crippen molar-refractivity contribution < 1.29 is 14.3 Å². The van der Waals surface area contributed by atoms with E-state index < -0.39 is 5.91 Å². The molecule has 1 aliphatic heterocycles. The third kappa shape index (κ3) is 6.31. The zero-order valence-corrected chi connectivity index (χ0v) is 12.4. The van der Waals surface area contributed by atoms with Crippen molar-refractivity contribution in [3.05, 3.63) is 0 Å². The molecule has 1 rings (SSSR count). The van der Waals surface area contributed by atoms with Gasteiger partial charge < -0.3 is 21.1 Å². The number of nitrogens with two attached hydrogens (primary N) is 1. The molecule has 0 saturated carbocycles. The van der Waals surface area contributed by atoms with Crippen molar-refractivity contribution in [2.75, 3.05) is 39.9 Å². The van der Waals surface area contributed by atoms with Crippen molar-refractivity contribution in [2.45, 2.75) is 31.8 Å². The summed E-state index contributed by atoms with van der Waals surface area (Å²) >= 11 is 0. The van der Waals surface area contributed by atoms with Gasteiger partial charge in [-0.2, -0.15) is 0 Å². The van der Waals surface area contributed by atoms with Gasteiger partial charge in [0.25, 0.3) is 0 Å². The number of primary amides is 1. The van der Waals surface area contributed by atoms with Gasteiger partial charge in [-0.3, -0.25) is 14.5 Å². The summed E-state index contributed by atoms with van der Waals surface area (Å²) in [5.74, 6) is -0.504. The molecule has 1 unspecified atom stereocenters. The van der Waals surface area contributed by atoms with E-state index in [9.17, 15) is 9.59 Å². The fourth-order valence-electron chi connectivity index (χ4n) is 2.48. The Labute approximate surface area is 120 Å². The SMILES string of the molecule is COCC(C)NC(=O)CN(CC(N)=O)C1CCNCC1. The Hall–Kier alpha value is -1.18. The molecule has 20 heavy (non-hydrogen) atoms. The predicted octanol–water partition coefficient (Wildman–Crippen LogP) is -1.32. The Kier molecular flexibility index (Phi) is 7.50. The van der Waals surface area contributed by atoms with Gasteiger partial charge in [0, 0.05) is 19.2 Å². The molecule has 0 bridgehead atoms. The summed E-state index contributed by atoms with van der Waals surface area (Å²) in [6.45, 7) is 4.47. The quantitative estimate of drug-likeness (QED) is 0.514. The van der Waals surface area contributed by atoms with Crippen LogP contribution >= 0.6 is 0 Å². The number of nitrogens with one attached hydrogen (secondary N) is 2. The van der Waals surface area contributed by atoms with Crippen LogP contribution in [0.3, 0.4) is 0 Å². The first-order valence-corrected chi connectivity index (χ1v) is 7.04. The highest BCUT2D eigenvalue weighted by Gasteiger charge is 2.24. The van der Waals surface area contributed by atoms with E-state index in [1.54, 1.807) is 7.11 Å². The number of carbonyl (C=O) groups excluding carboxylic acids is 2. The van der Waals surface area contributed by atoms with Crippen molar-refractivity contribution in [3.63, 3.8) is 0 Å². The molecule has 7 nitrogen and oxygen atoms in total. The van der Waals surface area contributed by atoms with Gasteiger partial charge in [0.1, 0.15) is 0 Å². The highest BCUT2D eigenvalue weighted by atomic mass is 16.5. The summed E-state index contributed by atoms with van der Waals surface area (Å²) in [5, 5.41) is 6.12. The molecular weight excluding hydrogens is 260 g/mol. The third-order valence-corrected chi connectivity index (χ3v) is 3.35. The molecular formula is C13H26N4O3. The van der Waals surface area contributed by atoms with Crippen LogP contribution in [0.15, 0.2) is 0 Å². The summed E-state index contributed by atoms with van der Waals surface area (Å²) in [6, 6.07) is 0.184. The molecule has 0 radical (unpaired) electrons. The Morgan fingerprint density at radius 3 is 2.60 bits per heavy atom. The van der Waals surface area contributed by atoms with E-state index in [2.05, 4.69) is 10.6 Å². The largest absolute Gasteiger partial charge is 0.383 e. The number of piperidine rings is 1. The Bertz CT molecular complexity index is 319. The molecule has 1 saturated heterocycles. The number of amides is 2. The number of hydrogen-bond acceptors (Lipinski definition) is 5. The van der Waals surface area contributed by atoms with Gasteiger partial charge in [0.05, 0.1) is 19.7 Å². The van der Waals surface area contributed by atoms with Crippen LogP contribution < -0.4 is 16.4 Å². The molecule has 0 aromatic heterocycles. The summed E-state index contributed by atoms with van der Waals surface area (Å²) < 4.78 is 4.98. The first kappa shape index (κ1) is 16.9. The summed E-state index contributed by atoms with van der Waals surface area (Å²) in [4.78, 5) is 25.0. The molecule has 1 heterocycles. The zero-order valence-electron chi connectivity index (χ0n) is 12.4. The third-order valence-electron chi connectivity index (χ3n) is 3.35. The van der Waals surface area contributed by atoms with Gasteiger partial charge in [-0.25, -0.2) is 0 Å². The maximum absolute atomic E-state index is 12.0. The topological polar surface area (TPSA) is 96.7 Å². The van der Waals surface area contributed by atoms with Crippen LogP contribution in [-0.2, 0) is 14.3 Å². The fraction of sp³-hybridized carbons (Fsp3) is 0.846. The molecule has 0 aromatic carbocycles. The average Bonchev–Trinajstić information content (AvgIpc) is 2.38. The molecule has 7 heteroatoms. The van der Waals surface area contributed by atoms with Crippen LogP contribution in [0, 0.1) is 0 Å². The Balaban J connectivity index is 2.50. The maximum atomic E-state index is 12.0. The average molecular weight is 286 g/mol. The second-order valence-corrected chi connectivity index (χ2v) is 5.28. The standard InChI is InChI=1S/C13H26N4O3/c1-10(9-20-2)16-13(19)8-17(7-12(14)18)11-3-5-15-6-4-11/h10-11,15H,3-9H2,1-2H3,(H2,14,18)(H,16,19). The van der Waals surface area contributed by atoms with E-state index in [1.807, 2.05) is 11.8 Å². The van der Waals surface area contributed by atoms with E-state index in [0.717, 1.165) is 25.9 Å². The number of ether oxygens (including phenoxy) is 1. The maximum Gasteiger partial charge on any atom is 0.234 e. The van der Waals surface area contributed by atoms with Crippen molar-refractivity contribution in [1.29, 1.82) is 0 Å². The van der Waals surface area contributed by atoms with Crippen LogP contribution in [0.25, 0.3) is 0 Å². The molecule has 1 atom stereocenters. The fourth-order valence-corrected chi connectivity index (χ4v) is 2.48. The van der Waals surface area contributed by atoms with Crippen LogP contribution in [0.1, 0.15) is 19.8 Å². The van der Waals surface area contributed by atoms with Crippen molar-refractivity contribution >= 4 is 11.8 Å². The summed E-state index contributed by atoms with van der Waals surface area (Å²) in [5.41, 5.74) is 5.28. The number of nitrogens with zero attached hydrogens (tertiary/aromatic N) is 1. The lowest BCUT2D eigenvalue weighted by atomic mass is 10.0. The second kappa shape index (κ2) is 8.89. The van der Waals surface area contributed by atoms with Crippen LogP contribution in [0.2, 0.25) is 0 Å². The predicted molar refractivity (Wildman–Crippen MR) is 76.1 cm³/mol. The summed E-state index contributed by atoms with van der Waals surface area (Å²) in [7, 11) is 1.59. The minimum Gasteiger partial charge on any atom is -0.383 e. The minimum atomic E-state index is -0.402. The number of carbonyl (C=O) groups is 2. The molecule has 0 aromatic rings. The molecule has 1 aliphatic rings. The zero-order chi connectivity index (χ0) is 15.0. The molecule has 2 amide bonds. The molecule has 0 aliphatic carbocycles. The van der Waals surface area contributed by atoms with Crippen molar-refractivity contribution in [3.8, 4) is 0 Å². The Morgan fingerprint density at radius 2 is 2.05 bits per heavy atom. The minimum absolute atomic E-state index is 0.0454. The highest BCUT2D eigenvalue weighted by molar-refractivity contribution is 5.80. The van der Waals surface area contributed by atoms with Gasteiger partial charge in [-0.15, -0.1) is 0 Å².